The van der Waals surface area contributed by atoms with E-state index in [2.05, 4.69) is 17.4 Å². The van der Waals surface area contributed by atoms with Crippen LogP contribution in [0.4, 0.5) is 0 Å². The smallest absolute Gasteiger partial charge is 0.234 e. The van der Waals surface area contributed by atoms with Crippen LogP contribution < -0.4 is 5.32 Å². The molecule has 5 nitrogen and oxygen atoms in total. The lowest BCUT2D eigenvalue weighted by molar-refractivity contribution is -0.127. The van der Waals surface area contributed by atoms with E-state index in [0.29, 0.717) is 25.7 Å². The van der Waals surface area contributed by atoms with Crippen LogP contribution >= 0.6 is 11.9 Å². The van der Waals surface area contributed by atoms with Gasteiger partial charge in [-0.1, -0.05) is 24.3 Å². The third-order valence-electron chi connectivity index (χ3n) is 4.86. The monoisotopic (exact) mass is 362 g/mol. The van der Waals surface area contributed by atoms with E-state index in [0.717, 1.165) is 11.1 Å². The number of benzene rings is 1. The molecular formula is C19H26N2O3S. The lowest BCUT2D eigenvalue weighted by Gasteiger charge is -2.30. The molecule has 2 heterocycles. The van der Waals surface area contributed by atoms with Crippen LogP contribution in [0.15, 0.2) is 24.3 Å². The van der Waals surface area contributed by atoms with Crippen molar-refractivity contribution in [2.45, 2.75) is 62.8 Å². The number of hydrogen-bond donors (Lipinski definition) is 2. The fraction of sp³-hybridized carbons (Fsp3) is 0.579. The maximum atomic E-state index is 12.3. The van der Waals surface area contributed by atoms with Crippen molar-refractivity contribution >= 4 is 23.8 Å². The van der Waals surface area contributed by atoms with Crippen molar-refractivity contribution in [3.8, 4) is 0 Å². The zero-order chi connectivity index (χ0) is 18.2. The number of hydrogen-bond acceptors (Lipinski definition) is 4. The zero-order valence-corrected chi connectivity index (χ0v) is 15.9. The van der Waals surface area contributed by atoms with Gasteiger partial charge in [0.2, 0.25) is 11.8 Å². The van der Waals surface area contributed by atoms with Gasteiger partial charge in [-0.15, -0.1) is 0 Å². The first-order chi connectivity index (χ1) is 11.7. The van der Waals surface area contributed by atoms with Gasteiger partial charge in [0.15, 0.2) is 0 Å². The molecule has 0 aromatic heterocycles. The fourth-order valence-corrected chi connectivity index (χ4v) is 4.76. The van der Waals surface area contributed by atoms with Gasteiger partial charge in [0.1, 0.15) is 0 Å². The molecule has 2 unspecified atom stereocenters. The summed E-state index contributed by atoms with van der Waals surface area (Å²) < 4.78 is 1.88. The van der Waals surface area contributed by atoms with Gasteiger partial charge in [0, 0.05) is 18.4 Å². The second kappa shape index (κ2) is 6.65. The first-order valence-corrected chi connectivity index (χ1v) is 9.57. The Morgan fingerprint density at radius 2 is 1.96 bits per heavy atom. The molecule has 1 aromatic rings. The molecule has 1 aromatic carbocycles. The van der Waals surface area contributed by atoms with E-state index < -0.39 is 5.54 Å². The molecule has 0 radical (unpaired) electrons. The van der Waals surface area contributed by atoms with E-state index >= 15 is 0 Å². The molecule has 0 saturated carbocycles. The second-order valence-corrected chi connectivity index (χ2v) is 9.21. The molecule has 2 aliphatic heterocycles. The van der Waals surface area contributed by atoms with E-state index in [-0.39, 0.29) is 29.2 Å². The molecule has 6 heteroatoms. The number of nitrogens with zero attached hydrogens (tertiary/aromatic N) is 1. The lowest BCUT2D eigenvalue weighted by Crippen LogP contribution is -2.46. The number of carbonyl (C=O) groups is 2. The van der Waals surface area contributed by atoms with Crippen molar-refractivity contribution in [3.05, 3.63) is 35.4 Å². The van der Waals surface area contributed by atoms with Gasteiger partial charge in [0.25, 0.3) is 0 Å². The van der Waals surface area contributed by atoms with Crippen LogP contribution in [0.3, 0.4) is 0 Å². The predicted molar refractivity (Wildman–Crippen MR) is 98.9 cm³/mol. The van der Waals surface area contributed by atoms with Crippen LogP contribution in [0.5, 0.6) is 0 Å². The van der Waals surface area contributed by atoms with Gasteiger partial charge < -0.3 is 10.4 Å². The zero-order valence-electron chi connectivity index (χ0n) is 15.0. The quantitative estimate of drug-likeness (QED) is 0.808. The highest BCUT2D eigenvalue weighted by Gasteiger charge is 2.39. The van der Waals surface area contributed by atoms with E-state index in [9.17, 15) is 14.7 Å². The van der Waals surface area contributed by atoms with Gasteiger partial charge >= 0.3 is 0 Å². The highest BCUT2D eigenvalue weighted by atomic mass is 32.2. The fourth-order valence-electron chi connectivity index (χ4n) is 3.50. The second-order valence-electron chi connectivity index (χ2n) is 8.06. The Morgan fingerprint density at radius 1 is 1.28 bits per heavy atom. The standard InChI is InChI=1S/C19H26N2O3S/c1-18(2,3)21-17(24)10-15(25-21)14-6-4-13(5-7-14)11-19(12-22)9-8-16(23)20-19/h4-7,15,22H,8-12H2,1-3H3,(H,20,23). The molecule has 2 amide bonds. The normalized spacial score (nSPS) is 27.0. The first kappa shape index (κ1) is 18.3. The van der Waals surface area contributed by atoms with Crippen LogP contribution in [0.1, 0.15) is 56.4 Å². The van der Waals surface area contributed by atoms with Gasteiger partial charge in [-0.25, -0.2) is 0 Å². The van der Waals surface area contributed by atoms with Crippen LogP contribution in [0.2, 0.25) is 0 Å². The van der Waals surface area contributed by atoms with Crippen LogP contribution in [-0.4, -0.2) is 38.9 Å². The van der Waals surface area contributed by atoms with Crippen molar-refractivity contribution in [1.29, 1.82) is 0 Å². The number of aliphatic hydroxyl groups is 1. The summed E-state index contributed by atoms with van der Waals surface area (Å²) >= 11 is 1.61. The average Bonchev–Trinajstić information content (AvgIpc) is 3.12. The Morgan fingerprint density at radius 3 is 2.44 bits per heavy atom. The number of aliphatic hydroxyl groups excluding tert-OH is 1. The van der Waals surface area contributed by atoms with E-state index in [1.165, 1.54) is 0 Å². The number of amides is 2. The van der Waals surface area contributed by atoms with Crippen molar-refractivity contribution in [2.75, 3.05) is 6.61 Å². The maximum Gasteiger partial charge on any atom is 0.234 e. The van der Waals surface area contributed by atoms with Crippen LogP contribution in [0.25, 0.3) is 0 Å². The Labute approximate surface area is 153 Å². The summed E-state index contributed by atoms with van der Waals surface area (Å²) in [5.74, 6) is 0.188. The molecule has 0 aliphatic carbocycles. The summed E-state index contributed by atoms with van der Waals surface area (Å²) in [5.41, 5.74) is 1.52. The summed E-state index contributed by atoms with van der Waals surface area (Å²) in [5, 5.41) is 12.8. The summed E-state index contributed by atoms with van der Waals surface area (Å²) in [4.78, 5) is 23.8. The molecular weight excluding hydrogens is 336 g/mol. The molecule has 3 rings (SSSR count). The highest BCUT2D eigenvalue weighted by molar-refractivity contribution is 7.98. The first-order valence-electron chi connectivity index (χ1n) is 8.73. The number of carbonyl (C=O) groups excluding carboxylic acids is 2. The van der Waals surface area contributed by atoms with Crippen LogP contribution in [0, 0.1) is 0 Å². The largest absolute Gasteiger partial charge is 0.394 e. The van der Waals surface area contributed by atoms with E-state index in [1.54, 1.807) is 11.9 Å². The molecule has 0 bridgehead atoms. The molecule has 0 spiro atoms. The highest BCUT2D eigenvalue weighted by Crippen LogP contribution is 2.45. The lowest BCUT2D eigenvalue weighted by atomic mass is 9.89. The topological polar surface area (TPSA) is 69.6 Å². The molecule has 25 heavy (non-hydrogen) atoms. The molecule has 136 valence electrons. The van der Waals surface area contributed by atoms with Gasteiger partial charge in [-0.2, -0.15) is 0 Å². The SMILES string of the molecule is CC(C)(C)N1SC(c2ccc(CC3(CO)CCC(=O)N3)cc2)CC1=O. The Bertz CT molecular complexity index is 668. The summed E-state index contributed by atoms with van der Waals surface area (Å²) in [6, 6.07) is 8.21. The molecule has 2 saturated heterocycles. The molecule has 2 N–H and O–H groups in total. The number of rotatable bonds is 4. The van der Waals surface area contributed by atoms with Gasteiger partial charge in [-0.05, 0) is 56.7 Å². The minimum Gasteiger partial charge on any atom is -0.394 e. The third kappa shape index (κ3) is 3.85. The average molecular weight is 362 g/mol. The summed E-state index contributed by atoms with van der Waals surface area (Å²) in [6.45, 7) is 6.10. The summed E-state index contributed by atoms with van der Waals surface area (Å²) in [7, 11) is 0. The Balaban J connectivity index is 1.69. The number of nitrogens with one attached hydrogen (secondary N) is 1. The third-order valence-corrected chi connectivity index (χ3v) is 6.52. The van der Waals surface area contributed by atoms with E-state index in [4.69, 9.17) is 0 Å². The minimum atomic E-state index is -0.528. The Hall–Kier alpha value is -1.53. The van der Waals surface area contributed by atoms with Crippen molar-refractivity contribution in [3.63, 3.8) is 0 Å². The summed E-state index contributed by atoms with van der Waals surface area (Å²) in [6.07, 6.45) is 2.29. The molecule has 2 aliphatic rings. The minimum absolute atomic E-state index is 0.00816. The van der Waals surface area contributed by atoms with Gasteiger partial charge in [-0.3, -0.25) is 13.9 Å². The Kier molecular flexibility index (Phi) is 4.86. The molecule has 2 fully saturated rings. The molecule has 2 atom stereocenters. The van der Waals surface area contributed by atoms with Crippen molar-refractivity contribution in [1.82, 2.24) is 9.62 Å². The van der Waals surface area contributed by atoms with Crippen molar-refractivity contribution in [2.24, 2.45) is 0 Å². The van der Waals surface area contributed by atoms with E-state index in [1.807, 2.05) is 37.2 Å². The van der Waals surface area contributed by atoms with Crippen LogP contribution in [-0.2, 0) is 16.0 Å². The predicted octanol–water partition coefficient (Wildman–Crippen LogP) is 2.59. The van der Waals surface area contributed by atoms with Crippen molar-refractivity contribution < 1.29 is 14.7 Å². The maximum absolute atomic E-state index is 12.3. The van der Waals surface area contributed by atoms with Gasteiger partial charge in [0.05, 0.1) is 17.4 Å².